The van der Waals surface area contributed by atoms with Crippen LogP contribution in [0.5, 0.6) is 17.2 Å². The Morgan fingerprint density at radius 1 is 1.08 bits per heavy atom. The van der Waals surface area contributed by atoms with Crippen LogP contribution in [0.2, 0.25) is 5.02 Å². The third-order valence-electron chi connectivity index (χ3n) is 7.36. The van der Waals surface area contributed by atoms with Gasteiger partial charge in [-0.2, -0.15) is 0 Å². The molecular formula is C30H28ClN3O4. The summed E-state index contributed by atoms with van der Waals surface area (Å²) in [6, 6.07) is 17.0. The quantitative estimate of drug-likeness (QED) is 0.345. The molecule has 194 valence electrons. The Kier molecular flexibility index (Phi) is 6.26. The van der Waals surface area contributed by atoms with Crippen LogP contribution in [0.3, 0.4) is 0 Å². The number of allylic oxidation sites excluding steroid dienone is 1. The SMILES string of the molecule is COc1ccc2c(c1)c(/C=C1/Oc3c(ccc(O)c3CN3CCN(c4cccc(Cl)c4)CC3)C1=O)cn2C. The zero-order valence-corrected chi connectivity index (χ0v) is 22.0. The van der Waals surface area contributed by atoms with E-state index < -0.39 is 0 Å². The van der Waals surface area contributed by atoms with Gasteiger partial charge in [-0.05, 0) is 54.6 Å². The molecule has 0 spiro atoms. The van der Waals surface area contributed by atoms with Gasteiger partial charge in [0.2, 0.25) is 5.78 Å². The van der Waals surface area contributed by atoms with Crippen molar-refractivity contribution in [1.29, 1.82) is 0 Å². The highest BCUT2D eigenvalue weighted by atomic mass is 35.5. The summed E-state index contributed by atoms with van der Waals surface area (Å²) < 4.78 is 13.6. The Hall–Kier alpha value is -3.94. The summed E-state index contributed by atoms with van der Waals surface area (Å²) in [5.74, 6) is 1.37. The average Bonchev–Trinajstić information content (AvgIpc) is 3.41. The van der Waals surface area contributed by atoms with Crippen LogP contribution < -0.4 is 14.4 Å². The number of phenols is 1. The monoisotopic (exact) mass is 529 g/mol. The first-order chi connectivity index (χ1) is 18.4. The zero-order valence-electron chi connectivity index (χ0n) is 21.3. The highest BCUT2D eigenvalue weighted by Crippen LogP contribution is 2.41. The molecule has 1 saturated heterocycles. The summed E-state index contributed by atoms with van der Waals surface area (Å²) in [5.41, 5.74) is 4.10. The van der Waals surface area contributed by atoms with Gasteiger partial charge in [0, 0.05) is 73.1 Å². The lowest BCUT2D eigenvalue weighted by molar-refractivity contribution is 0.101. The summed E-state index contributed by atoms with van der Waals surface area (Å²) in [6.07, 6.45) is 3.74. The van der Waals surface area contributed by atoms with Gasteiger partial charge in [-0.3, -0.25) is 9.69 Å². The molecule has 0 amide bonds. The Labute approximate surface area is 226 Å². The number of aromatic hydroxyl groups is 1. The summed E-state index contributed by atoms with van der Waals surface area (Å²) >= 11 is 6.17. The van der Waals surface area contributed by atoms with E-state index in [4.69, 9.17) is 21.1 Å². The predicted molar refractivity (Wildman–Crippen MR) is 149 cm³/mol. The second-order valence-corrected chi connectivity index (χ2v) is 10.1. The molecule has 4 aromatic rings. The van der Waals surface area contributed by atoms with E-state index in [1.54, 1.807) is 25.3 Å². The van der Waals surface area contributed by atoms with Gasteiger partial charge < -0.3 is 24.0 Å². The second kappa shape index (κ2) is 9.74. The lowest BCUT2D eigenvalue weighted by Gasteiger charge is -2.36. The van der Waals surface area contributed by atoms with Crippen molar-refractivity contribution in [2.45, 2.75) is 6.54 Å². The number of Topliss-reactive ketones (excluding diaryl/α,β-unsaturated/α-hetero) is 1. The number of ketones is 1. The minimum atomic E-state index is -0.188. The van der Waals surface area contributed by atoms with E-state index in [1.165, 1.54) is 0 Å². The number of hydrogen-bond donors (Lipinski definition) is 1. The zero-order chi connectivity index (χ0) is 26.4. The van der Waals surface area contributed by atoms with Crippen molar-refractivity contribution in [2.24, 2.45) is 7.05 Å². The minimum Gasteiger partial charge on any atom is -0.507 e. The number of aromatic nitrogens is 1. The molecule has 0 atom stereocenters. The Bertz CT molecular complexity index is 1580. The number of piperazine rings is 1. The number of methoxy groups -OCH3 is 1. The maximum Gasteiger partial charge on any atom is 0.231 e. The topological polar surface area (TPSA) is 67.2 Å². The summed E-state index contributed by atoms with van der Waals surface area (Å²) in [6.45, 7) is 3.79. The number of anilines is 1. The van der Waals surface area contributed by atoms with Gasteiger partial charge in [0.25, 0.3) is 0 Å². The lowest BCUT2D eigenvalue weighted by atomic mass is 10.0. The van der Waals surface area contributed by atoms with Gasteiger partial charge in [0.05, 0.1) is 18.2 Å². The molecule has 0 unspecified atom stereocenters. The Morgan fingerprint density at radius 3 is 2.66 bits per heavy atom. The van der Waals surface area contributed by atoms with Gasteiger partial charge in [0.1, 0.15) is 17.2 Å². The molecule has 1 N–H and O–H groups in total. The number of ether oxygens (including phenoxy) is 2. The smallest absolute Gasteiger partial charge is 0.231 e. The summed E-state index contributed by atoms with van der Waals surface area (Å²) in [7, 11) is 3.60. The largest absolute Gasteiger partial charge is 0.507 e. The van der Waals surface area contributed by atoms with E-state index in [0.717, 1.165) is 59.1 Å². The first-order valence-corrected chi connectivity index (χ1v) is 12.9. The van der Waals surface area contributed by atoms with Crippen LogP contribution in [0, 0.1) is 0 Å². The fourth-order valence-electron chi connectivity index (χ4n) is 5.30. The molecule has 1 fully saturated rings. The number of benzene rings is 3. The van der Waals surface area contributed by atoms with Gasteiger partial charge >= 0.3 is 0 Å². The normalized spacial score (nSPS) is 16.8. The third kappa shape index (κ3) is 4.38. The van der Waals surface area contributed by atoms with Crippen molar-refractivity contribution in [3.8, 4) is 17.2 Å². The summed E-state index contributed by atoms with van der Waals surface area (Å²) in [4.78, 5) is 17.9. The number of rotatable bonds is 5. The van der Waals surface area contributed by atoms with Crippen LogP contribution in [-0.4, -0.2) is 53.6 Å². The fraction of sp³-hybridized carbons (Fsp3) is 0.233. The van der Waals surface area contributed by atoms with Crippen molar-refractivity contribution >= 4 is 40.1 Å². The van der Waals surface area contributed by atoms with E-state index >= 15 is 0 Å². The molecule has 0 aliphatic carbocycles. The second-order valence-electron chi connectivity index (χ2n) is 9.70. The van der Waals surface area contributed by atoms with Crippen LogP contribution in [0.25, 0.3) is 17.0 Å². The molecule has 0 radical (unpaired) electrons. The number of halogens is 1. The standard InChI is InChI=1S/C30H28ClN3O4/c1-32-17-19(24-16-22(37-2)6-8-26(24)32)14-28-29(36)23-7-9-27(35)25(30(23)38-28)18-33-10-12-34(13-11-33)21-5-3-4-20(31)15-21/h3-9,14-17,35H,10-13,18H2,1-2H3/b28-14+. The molecule has 2 aliphatic heterocycles. The van der Waals surface area contributed by atoms with Crippen LogP contribution >= 0.6 is 11.6 Å². The van der Waals surface area contributed by atoms with E-state index in [-0.39, 0.29) is 17.3 Å². The predicted octanol–water partition coefficient (Wildman–Crippen LogP) is 5.48. The molecule has 3 aromatic carbocycles. The molecule has 0 bridgehead atoms. The minimum absolute atomic E-state index is 0.130. The summed E-state index contributed by atoms with van der Waals surface area (Å²) in [5, 5.41) is 12.4. The molecule has 7 nitrogen and oxygen atoms in total. The maximum absolute atomic E-state index is 13.3. The van der Waals surface area contributed by atoms with Crippen molar-refractivity contribution in [3.63, 3.8) is 0 Å². The van der Waals surface area contributed by atoms with E-state index in [9.17, 15) is 9.90 Å². The fourth-order valence-corrected chi connectivity index (χ4v) is 5.48. The third-order valence-corrected chi connectivity index (χ3v) is 7.59. The van der Waals surface area contributed by atoms with Crippen molar-refractivity contribution < 1.29 is 19.4 Å². The molecule has 3 heterocycles. The first-order valence-electron chi connectivity index (χ1n) is 12.6. The molecule has 1 aromatic heterocycles. The molecule has 2 aliphatic rings. The number of nitrogens with zero attached hydrogens (tertiary/aromatic N) is 3. The highest BCUT2D eigenvalue weighted by molar-refractivity contribution is 6.30. The Balaban J connectivity index is 1.24. The molecular weight excluding hydrogens is 502 g/mol. The maximum atomic E-state index is 13.3. The number of fused-ring (bicyclic) bond motifs is 2. The van der Waals surface area contributed by atoms with E-state index in [2.05, 4.69) is 15.9 Å². The van der Waals surface area contributed by atoms with E-state index in [0.29, 0.717) is 23.4 Å². The van der Waals surface area contributed by atoms with Gasteiger partial charge in [0.15, 0.2) is 5.76 Å². The molecule has 0 saturated carbocycles. The average molecular weight is 530 g/mol. The Morgan fingerprint density at radius 2 is 1.89 bits per heavy atom. The van der Waals surface area contributed by atoms with Crippen molar-refractivity contribution in [3.05, 3.63) is 88.3 Å². The van der Waals surface area contributed by atoms with Crippen LogP contribution in [0.15, 0.2) is 66.6 Å². The number of carbonyl (C=O) groups is 1. The highest BCUT2D eigenvalue weighted by Gasteiger charge is 2.32. The number of aryl methyl sites for hydroxylation is 1. The molecule has 38 heavy (non-hydrogen) atoms. The number of carbonyl (C=O) groups excluding carboxylic acids is 1. The van der Waals surface area contributed by atoms with Gasteiger partial charge in [-0.25, -0.2) is 0 Å². The van der Waals surface area contributed by atoms with Gasteiger partial charge in [-0.1, -0.05) is 17.7 Å². The van der Waals surface area contributed by atoms with Crippen LogP contribution in [0.1, 0.15) is 21.5 Å². The van der Waals surface area contributed by atoms with Crippen molar-refractivity contribution in [1.82, 2.24) is 9.47 Å². The van der Waals surface area contributed by atoms with Crippen LogP contribution in [-0.2, 0) is 13.6 Å². The first kappa shape index (κ1) is 24.4. The lowest BCUT2D eigenvalue weighted by Crippen LogP contribution is -2.46. The van der Waals surface area contributed by atoms with Crippen LogP contribution in [0.4, 0.5) is 5.69 Å². The van der Waals surface area contributed by atoms with Gasteiger partial charge in [-0.15, -0.1) is 0 Å². The molecule has 6 rings (SSSR count). The number of phenolic OH excluding ortho intramolecular Hbond substituents is 1. The van der Waals surface area contributed by atoms with E-state index in [1.807, 2.05) is 54.2 Å². The molecule has 8 heteroatoms. The number of hydrogen-bond acceptors (Lipinski definition) is 6. The van der Waals surface area contributed by atoms with Crippen molar-refractivity contribution in [2.75, 3.05) is 38.2 Å².